The lowest BCUT2D eigenvalue weighted by atomic mass is 9.89. The number of nitrogens with zero attached hydrogens (tertiary/aromatic N) is 5. The minimum absolute atomic E-state index is 0.181. The van der Waals surface area contributed by atoms with Crippen molar-refractivity contribution in [3.05, 3.63) is 41.5 Å². The fraction of sp³-hybridized carbons (Fsp3) is 0.450. The number of hydrogen-bond donors (Lipinski definition) is 2. The van der Waals surface area contributed by atoms with Gasteiger partial charge in [-0.25, -0.2) is 0 Å². The molecule has 2 aromatic heterocycles. The molecule has 0 radical (unpaired) electrons. The Hall–Kier alpha value is -2.68. The number of thioether (sulfide) groups is 1. The van der Waals surface area contributed by atoms with Crippen molar-refractivity contribution in [1.29, 1.82) is 0 Å². The van der Waals surface area contributed by atoms with Crippen molar-refractivity contribution in [1.82, 2.24) is 25.1 Å². The summed E-state index contributed by atoms with van der Waals surface area (Å²) in [5.74, 6) is 2.80. The van der Waals surface area contributed by atoms with E-state index in [4.69, 9.17) is 10.2 Å². The number of rotatable bonds is 7. The van der Waals surface area contributed by atoms with Gasteiger partial charge in [-0.1, -0.05) is 56.1 Å². The molecule has 3 N–H and O–H groups in total. The molecule has 2 heterocycles. The summed E-state index contributed by atoms with van der Waals surface area (Å²) in [6, 6.07) is 8.06. The molecule has 4 rings (SSSR count). The maximum Gasteiger partial charge on any atom is 0.277 e. The molecule has 29 heavy (non-hydrogen) atoms. The Labute approximate surface area is 174 Å². The van der Waals surface area contributed by atoms with Crippen LogP contribution in [0.1, 0.15) is 62.2 Å². The van der Waals surface area contributed by atoms with E-state index in [0.717, 1.165) is 30.8 Å². The van der Waals surface area contributed by atoms with E-state index in [0.29, 0.717) is 28.7 Å². The number of para-hydroxylation sites is 1. The van der Waals surface area contributed by atoms with Crippen LogP contribution in [0.25, 0.3) is 0 Å². The molecule has 1 aliphatic rings. The van der Waals surface area contributed by atoms with Crippen molar-refractivity contribution in [2.45, 2.75) is 62.3 Å². The summed E-state index contributed by atoms with van der Waals surface area (Å²) in [6.07, 6.45) is 6.93. The lowest BCUT2D eigenvalue weighted by molar-refractivity contribution is 0.334. The van der Waals surface area contributed by atoms with Crippen LogP contribution < -0.4 is 11.1 Å². The summed E-state index contributed by atoms with van der Waals surface area (Å²) in [7, 11) is 0. The molecule has 0 spiro atoms. The Morgan fingerprint density at radius 1 is 1.10 bits per heavy atom. The molecule has 9 heteroatoms. The molecule has 0 amide bonds. The summed E-state index contributed by atoms with van der Waals surface area (Å²) in [5, 5.41) is 12.2. The summed E-state index contributed by atoms with van der Waals surface area (Å²) in [4.78, 5) is 12.9. The molecule has 8 nitrogen and oxygen atoms in total. The highest BCUT2D eigenvalue weighted by Crippen LogP contribution is 2.33. The van der Waals surface area contributed by atoms with Crippen LogP contribution in [0.2, 0.25) is 0 Å². The van der Waals surface area contributed by atoms with Crippen LogP contribution in [-0.2, 0) is 12.2 Å². The SMILES string of the molecule is CCc1ccccc1Nc1nc(N)nc(CSc2nnc(C3CCCCC3)o2)n1. The van der Waals surface area contributed by atoms with Crippen LogP contribution in [0, 0.1) is 0 Å². The first kappa shape index (κ1) is 19.6. The fourth-order valence-corrected chi connectivity index (χ4v) is 4.17. The zero-order valence-corrected chi connectivity index (χ0v) is 17.3. The van der Waals surface area contributed by atoms with Crippen LogP contribution in [0.15, 0.2) is 33.9 Å². The van der Waals surface area contributed by atoms with Crippen molar-refractivity contribution < 1.29 is 4.42 Å². The fourth-order valence-electron chi connectivity index (χ4n) is 3.55. The maximum absolute atomic E-state index is 5.89. The number of aromatic nitrogens is 5. The summed E-state index contributed by atoms with van der Waals surface area (Å²) in [6.45, 7) is 2.11. The van der Waals surface area contributed by atoms with Crippen LogP contribution in [0.4, 0.5) is 17.6 Å². The zero-order chi connectivity index (χ0) is 20.1. The Morgan fingerprint density at radius 2 is 1.93 bits per heavy atom. The van der Waals surface area contributed by atoms with E-state index in [2.05, 4.69) is 43.5 Å². The number of benzene rings is 1. The Kier molecular flexibility index (Phi) is 6.24. The quantitative estimate of drug-likeness (QED) is 0.543. The van der Waals surface area contributed by atoms with Gasteiger partial charge < -0.3 is 15.5 Å². The molecule has 152 valence electrons. The average molecular weight is 412 g/mol. The third-order valence-electron chi connectivity index (χ3n) is 5.04. The van der Waals surface area contributed by atoms with Crippen molar-refractivity contribution in [3.8, 4) is 0 Å². The van der Waals surface area contributed by atoms with Crippen LogP contribution in [0.3, 0.4) is 0 Å². The van der Waals surface area contributed by atoms with Crippen molar-refractivity contribution >= 4 is 29.3 Å². The van der Waals surface area contributed by atoms with Gasteiger partial charge in [0.25, 0.3) is 5.22 Å². The average Bonchev–Trinajstić information content (AvgIpc) is 3.22. The summed E-state index contributed by atoms with van der Waals surface area (Å²) in [5.41, 5.74) is 8.04. The highest BCUT2D eigenvalue weighted by atomic mass is 32.2. The number of nitrogens with one attached hydrogen (secondary N) is 1. The van der Waals surface area contributed by atoms with Crippen molar-refractivity contribution in [3.63, 3.8) is 0 Å². The van der Waals surface area contributed by atoms with Gasteiger partial charge in [0.2, 0.25) is 17.8 Å². The zero-order valence-electron chi connectivity index (χ0n) is 16.5. The molecule has 0 unspecified atom stereocenters. The first-order valence-corrected chi connectivity index (χ1v) is 11.0. The van der Waals surface area contributed by atoms with Gasteiger partial charge in [-0.15, -0.1) is 10.2 Å². The van der Waals surface area contributed by atoms with Gasteiger partial charge in [0.05, 0.1) is 5.75 Å². The van der Waals surface area contributed by atoms with Crippen LogP contribution in [0.5, 0.6) is 0 Å². The van der Waals surface area contributed by atoms with E-state index >= 15 is 0 Å². The van der Waals surface area contributed by atoms with Gasteiger partial charge in [0.1, 0.15) is 5.82 Å². The summed E-state index contributed by atoms with van der Waals surface area (Å²) < 4.78 is 5.85. The first-order valence-electron chi connectivity index (χ1n) is 10.0. The highest BCUT2D eigenvalue weighted by molar-refractivity contribution is 7.98. The second-order valence-electron chi connectivity index (χ2n) is 7.10. The Balaban J connectivity index is 1.42. The molecule has 0 atom stereocenters. The van der Waals surface area contributed by atoms with Gasteiger partial charge in [-0.3, -0.25) is 0 Å². The number of nitrogens with two attached hydrogens (primary N) is 1. The largest absolute Gasteiger partial charge is 0.416 e. The van der Waals surface area contributed by atoms with Gasteiger partial charge >= 0.3 is 0 Å². The molecule has 1 aromatic carbocycles. The van der Waals surface area contributed by atoms with E-state index in [1.807, 2.05) is 18.2 Å². The number of nitrogen functional groups attached to an aromatic ring is 1. The maximum atomic E-state index is 5.89. The highest BCUT2D eigenvalue weighted by Gasteiger charge is 2.21. The van der Waals surface area contributed by atoms with Gasteiger partial charge in [0.15, 0.2) is 0 Å². The summed E-state index contributed by atoms with van der Waals surface area (Å²) >= 11 is 1.41. The molecular weight excluding hydrogens is 386 g/mol. The molecule has 1 fully saturated rings. The number of hydrogen-bond acceptors (Lipinski definition) is 9. The number of anilines is 3. The third kappa shape index (κ3) is 5.03. The second-order valence-corrected chi connectivity index (χ2v) is 8.03. The van der Waals surface area contributed by atoms with E-state index in [1.54, 1.807) is 0 Å². The van der Waals surface area contributed by atoms with Crippen LogP contribution in [-0.4, -0.2) is 25.1 Å². The normalized spacial score (nSPS) is 14.8. The van der Waals surface area contributed by atoms with Gasteiger partial charge in [-0.05, 0) is 30.9 Å². The monoisotopic (exact) mass is 411 g/mol. The minimum Gasteiger partial charge on any atom is -0.416 e. The molecule has 1 aliphatic carbocycles. The predicted octanol–water partition coefficient (Wildman–Crippen LogP) is 4.48. The second kappa shape index (κ2) is 9.21. The van der Waals surface area contributed by atoms with Crippen LogP contribution >= 0.6 is 11.8 Å². The molecule has 0 saturated heterocycles. The minimum atomic E-state index is 0.181. The Bertz CT molecular complexity index is 956. The predicted molar refractivity (Wildman–Crippen MR) is 113 cm³/mol. The Morgan fingerprint density at radius 3 is 2.76 bits per heavy atom. The van der Waals surface area contributed by atoms with Gasteiger partial charge in [0, 0.05) is 11.6 Å². The van der Waals surface area contributed by atoms with Crippen molar-refractivity contribution in [2.24, 2.45) is 0 Å². The van der Waals surface area contributed by atoms with E-state index in [9.17, 15) is 0 Å². The lowest BCUT2D eigenvalue weighted by Crippen LogP contribution is -2.07. The third-order valence-corrected chi connectivity index (χ3v) is 5.86. The molecule has 1 saturated carbocycles. The molecule has 0 aliphatic heterocycles. The lowest BCUT2D eigenvalue weighted by Gasteiger charge is -2.17. The topological polar surface area (TPSA) is 116 Å². The van der Waals surface area contributed by atoms with Gasteiger partial charge in [-0.2, -0.15) is 15.0 Å². The smallest absolute Gasteiger partial charge is 0.277 e. The standard InChI is InChI=1S/C20H25N7OS/c1-2-13-8-6-7-11-15(13)22-19-24-16(23-18(21)25-19)12-29-20-27-26-17(28-20)14-9-4-3-5-10-14/h6-8,11,14H,2-5,9-10,12H2,1H3,(H3,21,22,23,24,25). The van der Waals surface area contributed by atoms with E-state index in [1.165, 1.54) is 36.6 Å². The molecule has 0 bridgehead atoms. The molecule has 3 aromatic rings. The number of aryl methyl sites for hydroxylation is 1. The van der Waals surface area contributed by atoms with Crippen molar-refractivity contribution in [2.75, 3.05) is 11.1 Å². The first-order chi connectivity index (χ1) is 14.2. The van der Waals surface area contributed by atoms with E-state index < -0.39 is 0 Å². The van der Waals surface area contributed by atoms with E-state index in [-0.39, 0.29) is 5.95 Å². The molecular formula is C20H25N7OS.